The molecule has 8 rings (SSSR count). The summed E-state index contributed by atoms with van der Waals surface area (Å²) in [5.74, 6) is 0.978. The van der Waals surface area contributed by atoms with Crippen LogP contribution >= 0.6 is 0 Å². The van der Waals surface area contributed by atoms with Gasteiger partial charge in [0.2, 0.25) is 11.8 Å². The molecule has 316 valence electrons. The van der Waals surface area contributed by atoms with E-state index in [1.807, 2.05) is 49.9 Å². The van der Waals surface area contributed by atoms with E-state index in [2.05, 4.69) is 68.5 Å². The lowest BCUT2D eigenvalue weighted by Crippen LogP contribution is -2.51. The Kier molecular flexibility index (Phi) is 11.2. The molecule has 2 saturated heterocycles. The van der Waals surface area contributed by atoms with Gasteiger partial charge in [-0.15, -0.1) is 0 Å². The molecule has 4 N–H and O–H groups in total. The van der Waals surface area contributed by atoms with Crippen molar-refractivity contribution in [2.45, 2.75) is 97.4 Å². The molecule has 15 heteroatoms. The molecular weight excluding hydrogens is 763 g/mol. The number of aromatic nitrogens is 5. The molecule has 0 spiro atoms. The van der Waals surface area contributed by atoms with Crippen LogP contribution in [0.15, 0.2) is 48.8 Å². The van der Waals surface area contributed by atoms with Gasteiger partial charge in [0.15, 0.2) is 0 Å². The molecule has 4 amide bonds. The first-order valence-electron chi connectivity index (χ1n) is 21.1. The molecule has 15 nitrogen and oxygen atoms in total. The van der Waals surface area contributed by atoms with Gasteiger partial charge < -0.3 is 44.4 Å². The number of nitrogens with one attached hydrogen (secondary N) is 4. The van der Waals surface area contributed by atoms with E-state index >= 15 is 0 Å². The van der Waals surface area contributed by atoms with Crippen LogP contribution in [0.1, 0.15) is 95.2 Å². The fourth-order valence-electron chi connectivity index (χ4n) is 9.43. The molecule has 5 heterocycles. The number of carbonyl (C=O) groups excluding carboxylic acids is 4. The van der Waals surface area contributed by atoms with Gasteiger partial charge in [-0.25, -0.2) is 19.6 Å². The Bertz CT molecular complexity index is 2450. The Labute approximate surface area is 349 Å². The summed E-state index contributed by atoms with van der Waals surface area (Å²) in [5, 5.41) is 6.64. The number of imidazole rings is 2. The summed E-state index contributed by atoms with van der Waals surface area (Å²) in [6.07, 6.45) is 6.49. The SMILES string of the molecule is CCn1c2c(c3cc(-c4cnc([C@@H]5CCCN5C(=O)C(NC(=O)OC)C(C)C)[nH]4)ccc31)Cc1cc(-c3cnc([C@@H]4CCCN4C(=O)[C@@H](NC(=O)OC)C(C)C)[nH]3)ccc1-2. The third kappa shape index (κ3) is 7.27. The zero-order valence-electron chi connectivity index (χ0n) is 35.4. The number of alkyl carbamates (subject to hydrolysis) is 2. The summed E-state index contributed by atoms with van der Waals surface area (Å²) in [7, 11) is 2.59. The molecule has 2 aromatic carbocycles. The second kappa shape index (κ2) is 16.5. The Balaban J connectivity index is 1.02. The number of H-pyrrole nitrogens is 2. The number of amides is 4. The van der Waals surface area contributed by atoms with Gasteiger partial charge in [0.1, 0.15) is 23.7 Å². The lowest BCUT2D eigenvalue weighted by Gasteiger charge is -2.30. The van der Waals surface area contributed by atoms with Crippen molar-refractivity contribution >= 4 is 34.9 Å². The van der Waals surface area contributed by atoms with E-state index in [-0.39, 0.29) is 35.7 Å². The summed E-state index contributed by atoms with van der Waals surface area (Å²) in [4.78, 5) is 71.8. The average molecular weight is 818 g/mol. The van der Waals surface area contributed by atoms with Gasteiger partial charge in [-0.2, -0.15) is 0 Å². The van der Waals surface area contributed by atoms with Gasteiger partial charge in [-0.05, 0) is 79.3 Å². The van der Waals surface area contributed by atoms with Gasteiger partial charge >= 0.3 is 12.2 Å². The zero-order valence-corrected chi connectivity index (χ0v) is 35.4. The summed E-state index contributed by atoms with van der Waals surface area (Å²) < 4.78 is 12.0. The number of likely N-dealkylation sites (tertiary alicyclic amines) is 2. The topological polar surface area (TPSA) is 180 Å². The van der Waals surface area contributed by atoms with Crippen molar-refractivity contribution in [3.05, 3.63) is 71.6 Å². The first-order chi connectivity index (χ1) is 28.9. The van der Waals surface area contributed by atoms with E-state index in [1.54, 1.807) is 0 Å². The first kappa shape index (κ1) is 40.7. The van der Waals surface area contributed by atoms with E-state index in [9.17, 15) is 19.2 Å². The van der Waals surface area contributed by atoms with Gasteiger partial charge in [0, 0.05) is 48.1 Å². The van der Waals surface area contributed by atoms with Gasteiger partial charge in [0.05, 0.1) is 55.8 Å². The van der Waals surface area contributed by atoms with Crippen LogP contribution in [-0.2, 0) is 32.0 Å². The van der Waals surface area contributed by atoms with Crippen LogP contribution in [0.2, 0.25) is 0 Å². The van der Waals surface area contributed by atoms with Crippen molar-refractivity contribution in [1.82, 2.24) is 44.9 Å². The van der Waals surface area contributed by atoms with Crippen molar-refractivity contribution in [1.29, 1.82) is 0 Å². The summed E-state index contributed by atoms with van der Waals surface area (Å²) in [5.41, 5.74) is 9.98. The highest BCUT2D eigenvalue weighted by molar-refractivity contribution is 5.98. The van der Waals surface area contributed by atoms with E-state index in [4.69, 9.17) is 19.4 Å². The number of methoxy groups -OCH3 is 2. The Morgan fingerprint density at radius 3 is 1.78 bits per heavy atom. The Morgan fingerprint density at radius 2 is 1.28 bits per heavy atom. The van der Waals surface area contributed by atoms with Crippen LogP contribution in [-0.4, -0.2) is 97.7 Å². The van der Waals surface area contributed by atoms with Crippen LogP contribution in [0.3, 0.4) is 0 Å². The van der Waals surface area contributed by atoms with E-state index in [1.165, 1.54) is 47.5 Å². The monoisotopic (exact) mass is 817 g/mol. The van der Waals surface area contributed by atoms with Crippen molar-refractivity contribution in [2.24, 2.45) is 11.8 Å². The smallest absolute Gasteiger partial charge is 0.407 e. The number of benzene rings is 2. The quantitative estimate of drug-likeness (QED) is 0.107. The molecule has 2 fully saturated rings. The standard InChI is InChI=1S/C45H55N9O6/c1-8-52-34-16-14-27(33-23-47-41(49-33)36-12-10-18-54(36)43(56)38(25(4)5)51-45(58)60-7)20-30(34)31-21-28-19-26(13-15-29(28)39(31)52)32-22-46-40(48-32)35-11-9-17-53(35)42(55)37(24(2)3)50-44(57)59-6/h13-16,19-20,22-25,35-38H,8-12,17-18,21H2,1-7H3,(H,46,48)(H,47,49)(H,50,57)(H,51,58)/t35-,36-,37-,38?/m0/s1. The predicted molar refractivity (Wildman–Crippen MR) is 227 cm³/mol. The molecule has 4 atom stereocenters. The van der Waals surface area contributed by atoms with Gasteiger partial charge in [-0.3, -0.25) is 9.59 Å². The first-order valence-corrected chi connectivity index (χ1v) is 21.1. The average Bonchev–Trinajstić information content (AvgIpc) is 4.10. The van der Waals surface area contributed by atoms with Crippen LogP contribution in [0, 0.1) is 11.8 Å². The number of ether oxygens (including phenoxy) is 2. The van der Waals surface area contributed by atoms with Crippen LogP contribution < -0.4 is 10.6 Å². The maximum atomic E-state index is 13.7. The fourth-order valence-corrected chi connectivity index (χ4v) is 9.43. The lowest BCUT2D eigenvalue weighted by molar-refractivity contribution is -0.136. The highest BCUT2D eigenvalue weighted by atomic mass is 16.5. The van der Waals surface area contributed by atoms with Crippen LogP contribution in [0.5, 0.6) is 0 Å². The number of nitrogens with zero attached hydrogens (tertiary/aromatic N) is 5. The molecule has 2 aliphatic heterocycles. The summed E-state index contributed by atoms with van der Waals surface area (Å²) in [6.45, 7) is 11.8. The molecule has 5 aromatic rings. The maximum absolute atomic E-state index is 13.7. The number of aromatic amines is 2. The number of hydrogen-bond acceptors (Lipinski definition) is 8. The van der Waals surface area contributed by atoms with Gasteiger partial charge in [-0.1, -0.05) is 45.9 Å². The zero-order chi connectivity index (χ0) is 42.4. The summed E-state index contributed by atoms with van der Waals surface area (Å²) in [6, 6.07) is 11.3. The molecule has 60 heavy (non-hydrogen) atoms. The highest BCUT2D eigenvalue weighted by Gasteiger charge is 2.39. The number of aryl methyl sites for hydroxylation is 1. The van der Waals surface area contributed by atoms with Gasteiger partial charge in [0.25, 0.3) is 0 Å². The predicted octanol–water partition coefficient (Wildman–Crippen LogP) is 7.10. The maximum Gasteiger partial charge on any atom is 0.407 e. The second-order valence-corrected chi connectivity index (χ2v) is 16.8. The minimum atomic E-state index is -0.696. The molecule has 1 unspecified atom stereocenters. The van der Waals surface area contributed by atoms with Crippen molar-refractivity contribution < 1.29 is 28.7 Å². The molecule has 3 aliphatic rings. The molecule has 1 aliphatic carbocycles. The number of carbonyl (C=O) groups is 4. The fraction of sp³-hybridized carbons (Fsp3) is 0.467. The van der Waals surface area contributed by atoms with E-state index < -0.39 is 24.3 Å². The van der Waals surface area contributed by atoms with Crippen LogP contribution in [0.4, 0.5) is 9.59 Å². The molecule has 0 saturated carbocycles. The van der Waals surface area contributed by atoms with Crippen molar-refractivity contribution in [3.8, 4) is 33.8 Å². The normalized spacial score (nSPS) is 18.2. The minimum Gasteiger partial charge on any atom is -0.453 e. The Hall–Kier alpha value is -6.12. The molecular formula is C45H55N9O6. The van der Waals surface area contributed by atoms with Crippen molar-refractivity contribution in [2.75, 3.05) is 27.3 Å². The molecule has 3 aromatic heterocycles. The number of hydrogen-bond donors (Lipinski definition) is 4. The Morgan fingerprint density at radius 1 is 0.767 bits per heavy atom. The number of fused-ring (bicyclic) bond motifs is 5. The third-order valence-corrected chi connectivity index (χ3v) is 12.5. The van der Waals surface area contributed by atoms with Crippen LogP contribution in [0.25, 0.3) is 44.7 Å². The largest absolute Gasteiger partial charge is 0.453 e. The van der Waals surface area contributed by atoms with E-state index in [0.717, 1.165) is 72.8 Å². The molecule has 0 bridgehead atoms. The highest BCUT2D eigenvalue weighted by Crippen LogP contribution is 2.45. The van der Waals surface area contributed by atoms with Crippen molar-refractivity contribution in [3.63, 3.8) is 0 Å². The summed E-state index contributed by atoms with van der Waals surface area (Å²) >= 11 is 0. The lowest BCUT2D eigenvalue weighted by atomic mass is 10.0. The van der Waals surface area contributed by atoms with E-state index in [0.29, 0.717) is 13.1 Å². The third-order valence-electron chi connectivity index (χ3n) is 12.5. The number of rotatable bonds is 11. The molecule has 0 radical (unpaired) electrons. The second-order valence-electron chi connectivity index (χ2n) is 16.8. The minimum absolute atomic E-state index is 0.110.